The van der Waals surface area contributed by atoms with E-state index in [1.165, 1.54) is 12.8 Å². The minimum Gasteiger partial charge on any atom is -0.310 e. The quantitative estimate of drug-likeness (QED) is 0.665. The maximum Gasteiger partial charge on any atom is 0.0138 e. The Hall–Kier alpha value is -0.300. The summed E-state index contributed by atoms with van der Waals surface area (Å²) in [6, 6.07) is 1.37. The molecule has 0 aliphatic heterocycles. The Morgan fingerprint density at radius 1 is 1.36 bits per heavy atom. The predicted octanol–water partition coefficient (Wildman–Crippen LogP) is 2.98. The van der Waals surface area contributed by atoms with Gasteiger partial charge in [0.25, 0.3) is 0 Å². The van der Waals surface area contributed by atoms with Crippen LogP contribution in [0.25, 0.3) is 0 Å². The summed E-state index contributed by atoms with van der Waals surface area (Å²) in [6.45, 7) is 9.24. The Balaban J connectivity index is 1.85. The zero-order chi connectivity index (χ0) is 10.3. The van der Waals surface area contributed by atoms with E-state index in [1.807, 2.05) is 0 Å². The van der Waals surface area contributed by atoms with E-state index in [4.69, 9.17) is 0 Å². The summed E-state index contributed by atoms with van der Waals surface area (Å²) >= 11 is 0. The summed E-state index contributed by atoms with van der Waals surface area (Å²) in [5.74, 6) is 1.82. The van der Waals surface area contributed by atoms with Gasteiger partial charge in [0.05, 0.1) is 0 Å². The average molecular weight is 193 g/mol. The van der Waals surface area contributed by atoms with Crippen molar-refractivity contribution >= 4 is 0 Å². The zero-order valence-corrected chi connectivity index (χ0v) is 9.88. The predicted molar refractivity (Wildman–Crippen MR) is 61.2 cm³/mol. The standard InChI is InChI=1S/C13H23N/c1-9(13(2,3)4)14-12-8-10-6-5-7-11(10)12/h5,7,9-12,14H,6,8H2,1-4H3. The highest BCUT2D eigenvalue weighted by molar-refractivity contribution is 5.13. The van der Waals surface area contributed by atoms with E-state index in [-0.39, 0.29) is 0 Å². The van der Waals surface area contributed by atoms with Gasteiger partial charge in [0, 0.05) is 12.1 Å². The summed E-state index contributed by atoms with van der Waals surface area (Å²) < 4.78 is 0. The van der Waals surface area contributed by atoms with Crippen LogP contribution in [0, 0.1) is 17.3 Å². The molecule has 0 radical (unpaired) electrons. The minimum atomic E-state index is 0.382. The first-order valence-corrected chi connectivity index (χ1v) is 5.91. The lowest BCUT2D eigenvalue weighted by molar-refractivity contribution is 0.126. The lowest BCUT2D eigenvalue weighted by atomic mass is 9.70. The van der Waals surface area contributed by atoms with Gasteiger partial charge in [0.2, 0.25) is 0 Å². The number of hydrogen-bond acceptors (Lipinski definition) is 1. The molecular formula is C13H23N. The van der Waals surface area contributed by atoms with Crippen molar-refractivity contribution in [2.75, 3.05) is 0 Å². The summed E-state index contributed by atoms with van der Waals surface area (Å²) in [6.07, 6.45) is 7.49. The molecule has 0 spiro atoms. The molecule has 0 amide bonds. The van der Waals surface area contributed by atoms with Crippen molar-refractivity contribution in [3.05, 3.63) is 12.2 Å². The van der Waals surface area contributed by atoms with Crippen LogP contribution in [-0.2, 0) is 0 Å². The molecule has 1 saturated carbocycles. The van der Waals surface area contributed by atoms with Gasteiger partial charge in [-0.3, -0.25) is 0 Å². The minimum absolute atomic E-state index is 0.382. The van der Waals surface area contributed by atoms with Crippen LogP contribution in [0.1, 0.15) is 40.5 Å². The molecule has 0 saturated heterocycles. The molecular weight excluding hydrogens is 170 g/mol. The Morgan fingerprint density at radius 2 is 2.07 bits per heavy atom. The van der Waals surface area contributed by atoms with Crippen LogP contribution in [0.2, 0.25) is 0 Å². The molecule has 1 nitrogen and oxygen atoms in total. The third kappa shape index (κ3) is 1.75. The van der Waals surface area contributed by atoms with Crippen molar-refractivity contribution in [2.45, 2.75) is 52.6 Å². The smallest absolute Gasteiger partial charge is 0.0138 e. The first-order chi connectivity index (χ1) is 6.48. The van der Waals surface area contributed by atoms with Crippen molar-refractivity contribution in [1.29, 1.82) is 0 Å². The van der Waals surface area contributed by atoms with Gasteiger partial charge in [0.15, 0.2) is 0 Å². The molecule has 0 heterocycles. The Labute approximate surface area is 88.0 Å². The van der Waals surface area contributed by atoms with Crippen LogP contribution in [0.5, 0.6) is 0 Å². The van der Waals surface area contributed by atoms with E-state index >= 15 is 0 Å². The number of nitrogens with one attached hydrogen (secondary N) is 1. The van der Waals surface area contributed by atoms with Crippen LogP contribution in [0.3, 0.4) is 0 Å². The Kier molecular flexibility index (Phi) is 2.46. The van der Waals surface area contributed by atoms with E-state index in [0.717, 1.165) is 17.9 Å². The third-order valence-electron chi connectivity index (χ3n) is 4.13. The Morgan fingerprint density at radius 3 is 2.64 bits per heavy atom. The number of allylic oxidation sites excluding steroid dienone is 1. The van der Waals surface area contributed by atoms with Gasteiger partial charge in [-0.15, -0.1) is 0 Å². The second kappa shape index (κ2) is 3.37. The van der Waals surface area contributed by atoms with Crippen LogP contribution in [0.15, 0.2) is 12.2 Å². The fraction of sp³-hybridized carbons (Fsp3) is 0.846. The fourth-order valence-electron chi connectivity index (χ4n) is 2.48. The molecule has 2 aliphatic rings. The van der Waals surface area contributed by atoms with Crippen molar-refractivity contribution in [3.63, 3.8) is 0 Å². The summed E-state index contributed by atoms with van der Waals surface area (Å²) in [5.41, 5.74) is 0.382. The molecule has 0 aromatic heterocycles. The molecule has 0 aromatic carbocycles. The zero-order valence-electron chi connectivity index (χ0n) is 9.88. The monoisotopic (exact) mass is 193 g/mol. The lowest BCUT2D eigenvalue weighted by Crippen LogP contribution is -2.54. The third-order valence-corrected chi connectivity index (χ3v) is 4.13. The summed E-state index contributed by atoms with van der Waals surface area (Å²) in [7, 11) is 0. The normalized spacial score (nSPS) is 37.9. The molecule has 1 fully saturated rings. The highest BCUT2D eigenvalue weighted by Gasteiger charge is 2.42. The van der Waals surface area contributed by atoms with E-state index in [1.54, 1.807) is 0 Å². The van der Waals surface area contributed by atoms with Crippen molar-refractivity contribution < 1.29 is 0 Å². The van der Waals surface area contributed by atoms with Gasteiger partial charge >= 0.3 is 0 Å². The van der Waals surface area contributed by atoms with E-state index in [9.17, 15) is 0 Å². The van der Waals surface area contributed by atoms with Crippen molar-refractivity contribution in [1.82, 2.24) is 5.32 Å². The molecule has 0 aromatic rings. The van der Waals surface area contributed by atoms with Crippen molar-refractivity contribution in [2.24, 2.45) is 17.3 Å². The summed E-state index contributed by atoms with van der Waals surface area (Å²) in [4.78, 5) is 0. The van der Waals surface area contributed by atoms with Crippen LogP contribution < -0.4 is 5.32 Å². The molecule has 2 aliphatic carbocycles. The van der Waals surface area contributed by atoms with Gasteiger partial charge in [-0.1, -0.05) is 32.9 Å². The Bertz CT molecular complexity index is 236. The molecule has 14 heavy (non-hydrogen) atoms. The number of hydrogen-bond donors (Lipinski definition) is 1. The highest BCUT2D eigenvalue weighted by Crippen LogP contribution is 2.43. The van der Waals surface area contributed by atoms with E-state index in [0.29, 0.717) is 11.5 Å². The van der Waals surface area contributed by atoms with E-state index in [2.05, 4.69) is 45.2 Å². The highest BCUT2D eigenvalue weighted by atomic mass is 15.0. The SMILES string of the molecule is CC(NC1CC2CC=CC21)C(C)(C)C. The number of fused-ring (bicyclic) bond motifs is 1. The molecule has 1 heteroatoms. The molecule has 0 bridgehead atoms. The largest absolute Gasteiger partial charge is 0.310 e. The van der Waals surface area contributed by atoms with Gasteiger partial charge in [-0.05, 0) is 37.0 Å². The molecule has 2 rings (SSSR count). The maximum atomic E-state index is 3.78. The van der Waals surface area contributed by atoms with Crippen LogP contribution in [0.4, 0.5) is 0 Å². The first-order valence-electron chi connectivity index (χ1n) is 5.91. The van der Waals surface area contributed by atoms with E-state index < -0.39 is 0 Å². The topological polar surface area (TPSA) is 12.0 Å². The number of rotatable bonds is 2. The maximum absolute atomic E-state index is 3.78. The molecule has 4 unspecified atom stereocenters. The molecule has 4 atom stereocenters. The average Bonchev–Trinajstić information content (AvgIpc) is 2.40. The first kappa shape index (κ1) is 10.2. The van der Waals surface area contributed by atoms with Gasteiger partial charge in [-0.25, -0.2) is 0 Å². The van der Waals surface area contributed by atoms with Gasteiger partial charge in [0.1, 0.15) is 0 Å². The van der Waals surface area contributed by atoms with Crippen LogP contribution >= 0.6 is 0 Å². The lowest BCUT2D eigenvalue weighted by Gasteiger charge is -2.44. The van der Waals surface area contributed by atoms with Crippen molar-refractivity contribution in [3.8, 4) is 0 Å². The van der Waals surface area contributed by atoms with Crippen LogP contribution in [-0.4, -0.2) is 12.1 Å². The molecule has 1 N–H and O–H groups in total. The molecule has 80 valence electrons. The summed E-state index contributed by atoms with van der Waals surface area (Å²) in [5, 5.41) is 3.78. The second-order valence-corrected chi connectivity index (χ2v) is 6.10. The van der Waals surface area contributed by atoms with Gasteiger partial charge < -0.3 is 5.32 Å². The second-order valence-electron chi connectivity index (χ2n) is 6.10. The van der Waals surface area contributed by atoms with Gasteiger partial charge in [-0.2, -0.15) is 0 Å². The fourth-order valence-corrected chi connectivity index (χ4v) is 2.48.